The number of hydrogen-bond donors (Lipinski definition) is 1. The summed E-state index contributed by atoms with van der Waals surface area (Å²) in [6, 6.07) is 5.70. The number of hydrogen-bond acceptors (Lipinski definition) is 2. The average molecular weight is 324 g/mol. The third-order valence-corrected chi connectivity index (χ3v) is 4.80. The van der Waals surface area contributed by atoms with E-state index in [-0.39, 0.29) is 5.91 Å². The van der Waals surface area contributed by atoms with Crippen molar-refractivity contribution in [2.45, 2.75) is 20.4 Å². The molecule has 0 aliphatic rings. The molecule has 18 heavy (non-hydrogen) atoms. The number of carbonyl (C=O) groups excluding carboxylic acids is 1. The Hall–Kier alpha value is -1.13. The van der Waals surface area contributed by atoms with E-state index in [0.29, 0.717) is 12.1 Å². The van der Waals surface area contributed by atoms with Gasteiger partial charge < -0.3 is 5.32 Å². The van der Waals surface area contributed by atoms with Gasteiger partial charge in [0.2, 0.25) is 0 Å². The Labute approximate surface area is 119 Å². The zero-order valence-electron chi connectivity index (χ0n) is 10.3. The van der Waals surface area contributed by atoms with Crippen molar-refractivity contribution in [2.24, 2.45) is 0 Å². The number of rotatable bonds is 3. The molecule has 0 aliphatic heterocycles. The molecule has 0 bridgehead atoms. The highest BCUT2D eigenvalue weighted by Crippen LogP contribution is 2.21. The Kier molecular flexibility index (Phi) is 4.19. The third-order valence-electron chi connectivity index (χ3n) is 2.84. The molecule has 94 valence electrons. The van der Waals surface area contributed by atoms with Crippen molar-refractivity contribution in [1.82, 2.24) is 5.32 Å². The lowest BCUT2D eigenvalue weighted by atomic mass is 10.1. The molecule has 2 nitrogen and oxygen atoms in total. The van der Waals surface area contributed by atoms with Crippen LogP contribution in [0.15, 0.2) is 33.4 Å². The number of thiophene rings is 1. The van der Waals surface area contributed by atoms with E-state index in [1.807, 2.05) is 25.1 Å². The van der Waals surface area contributed by atoms with Gasteiger partial charge in [0.25, 0.3) is 5.91 Å². The molecule has 1 amide bonds. The van der Waals surface area contributed by atoms with Gasteiger partial charge in [-0.1, -0.05) is 12.1 Å². The molecule has 0 saturated carbocycles. The first kappa shape index (κ1) is 13.3. The van der Waals surface area contributed by atoms with Crippen LogP contribution in [0, 0.1) is 13.8 Å². The molecule has 2 rings (SSSR count). The molecule has 0 radical (unpaired) electrons. The second-order valence-electron chi connectivity index (χ2n) is 4.20. The minimum atomic E-state index is -0.0452. The average Bonchev–Trinajstić information content (AvgIpc) is 2.75. The topological polar surface area (TPSA) is 29.1 Å². The number of aryl methyl sites for hydroxylation is 2. The molecule has 0 saturated heterocycles. The number of nitrogens with one attached hydrogen (secondary N) is 1. The molecule has 1 aromatic heterocycles. The fraction of sp³-hybridized carbons (Fsp3) is 0.214. The summed E-state index contributed by atoms with van der Waals surface area (Å²) in [6.45, 7) is 4.61. The molecule has 0 spiro atoms. The van der Waals surface area contributed by atoms with Crippen LogP contribution in [0.2, 0.25) is 0 Å². The summed E-state index contributed by atoms with van der Waals surface area (Å²) in [5.41, 5.74) is 4.15. The molecule has 0 fully saturated rings. The van der Waals surface area contributed by atoms with Crippen molar-refractivity contribution in [3.63, 3.8) is 0 Å². The number of benzene rings is 1. The summed E-state index contributed by atoms with van der Waals surface area (Å²) < 4.78 is 0.865. The first-order valence-electron chi connectivity index (χ1n) is 5.64. The highest BCUT2D eigenvalue weighted by atomic mass is 79.9. The number of carbonyl (C=O) groups is 1. The Morgan fingerprint density at radius 3 is 2.72 bits per heavy atom. The van der Waals surface area contributed by atoms with E-state index in [4.69, 9.17) is 0 Å². The van der Waals surface area contributed by atoms with E-state index in [1.165, 1.54) is 11.1 Å². The van der Waals surface area contributed by atoms with Crippen molar-refractivity contribution in [1.29, 1.82) is 0 Å². The Bertz CT molecular complexity index is 577. The maximum Gasteiger partial charge on any atom is 0.252 e. The van der Waals surface area contributed by atoms with Gasteiger partial charge in [0, 0.05) is 11.0 Å². The smallest absolute Gasteiger partial charge is 0.252 e. The summed E-state index contributed by atoms with van der Waals surface area (Å²) in [7, 11) is 0. The van der Waals surface area contributed by atoms with Crippen LogP contribution in [0.1, 0.15) is 27.0 Å². The van der Waals surface area contributed by atoms with E-state index in [0.717, 1.165) is 10.0 Å². The predicted molar refractivity (Wildman–Crippen MR) is 79.1 cm³/mol. The lowest BCUT2D eigenvalue weighted by molar-refractivity contribution is 0.0950. The van der Waals surface area contributed by atoms with Crippen LogP contribution in [0.25, 0.3) is 0 Å². The lowest BCUT2D eigenvalue weighted by Crippen LogP contribution is -2.23. The van der Waals surface area contributed by atoms with Crippen LogP contribution in [-0.2, 0) is 6.54 Å². The molecular weight excluding hydrogens is 310 g/mol. The largest absolute Gasteiger partial charge is 0.348 e. The van der Waals surface area contributed by atoms with Crippen LogP contribution in [0.5, 0.6) is 0 Å². The van der Waals surface area contributed by atoms with Crippen molar-refractivity contribution in [2.75, 3.05) is 0 Å². The first-order valence-corrected chi connectivity index (χ1v) is 7.38. The Morgan fingerprint density at radius 2 is 2.06 bits per heavy atom. The van der Waals surface area contributed by atoms with Gasteiger partial charge in [0.05, 0.1) is 5.56 Å². The van der Waals surface area contributed by atoms with Gasteiger partial charge in [-0.2, -0.15) is 11.3 Å². The van der Waals surface area contributed by atoms with E-state index in [9.17, 15) is 4.79 Å². The standard InChI is InChI=1S/C14H14BrNOS/c1-9-4-3-5-12(13(9)15)14(17)16-6-11-8-18-7-10(11)2/h3-5,7-8H,6H2,1-2H3,(H,16,17). The zero-order valence-corrected chi connectivity index (χ0v) is 12.7. The fourth-order valence-electron chi connectivity index (χ4n) is 1.66. The number of amides is 1. The van der Waals surface area contributed by atoms with Crippen LogP contribution in [0.4, 0.5) is 0 Å². The highest BCUT2D eigenvalue weighted by Gasteiger charge is 2.11. The minimum Gasteiger partial charge on any atom is -0.348 e. The van der Waals surface area contributed by atoms with Crippen molar-refractivity contribution in [3.05, 3.63) is 55.7 Å². The van der Waals surface area contributed by atoms with Crippen LogP contribution in [0.3, 0.4) is 0 Å². The third kappa shape index (κ3) is 2.82. The molecule has 1 heterocycles. The summed E-state index contributed by atoms with van der Waals surface area (Å²) in [5, 5.41) is 7.11. The van der Waals surface area contributed by atoms with Gasteiger partial charge in [-0.15, -0.1) is 0 Å². The van der Waals surface area contributed by atoms with Gasteiger partial charge >= 0.3 is 0 Å². The summed E-state index contributed by atoms with van der Waals surface area (Å²) in [6.07, 6.45) is 0. The second-order valence-corrected chi connectivity index (χ2v) is 5.74. The predicted octanol–water partition coefficient (Wildman–Crippen LogP) is 4.06. The summed E-state index contributed by atoms with van der Waals surface area (Å²) >= 11 is 5.11. The van der Waals surface area contributed by atoms with Gasteiger partial charge in [-0.3, -0.25) is 4.79 Å². The second kappa shape index (κ2) is 5.67. The molecule has 4 heteroatoms. The Balaban J connectivity index is 2.09. The normalized spacial score (nSPS) is 10.4. The number of halogens is 1. The van der Waals surface area contributed by atoms with E-state index in [1.54, 1.807) is 11.3 Å². The maximum atomic E-state index is 12.1. The highest BCUT2D eigenvalue weighted by molar-refractivity contribution is 9.10. The van der Waals surface area contributed by atoms with Crippen molar-refractivity contribution in [3.8, 4) is 0 Å². The van der Waals surface area contributed by atoms with Crippen molar-refractivity contribution >= 4 is 33.2 Å². The van der Waals surface area contributed by atoms with Gasteiger partial charge in [0.1, 0.15) is 0 Å². The van der Waals surface area contributed by atoms with Crippen molar-refractivity contribution < 1.29 is 4.79 Å². The monoisotopic (exact) mass is 323 g/mol. The van der Waals surface area contributed by atoms with Gasteiger partial charge in [-0.25, -0.2) is 0 Å². The minimum absolute atomic E-state index is 0.0452. The van der Waals surface area contributed by atoms with Crippen LogP contribution in [-0.4, -0.2) is 5.91 Å². The van der Waals surface area contributed by atoms with E-state index < -0.39 is 0 Å². The van der Waals surface area contributed by atoms with E-state index >= 15 is 0 Å². The summed E-state index contributed by atoms with van der Waals surface area (Å²) in [5.74, 6) is -0.0452. The first-order chi connectivity index (χ1) is 8.59. The summed E-state index contributed by atoms with van der Waals surface area (Å²) in [4.78, 5) is 12.1. The van der Waals surface area contributed by atoms with Crippen LogP contribution < -0.4 is 5.32 Å². The SMILES string of the molecule is Cc1cscc1CNC(=O)c1cccc(C)c1Br. The lowest BCUT2D eigenvalue weighted by Gasteiger charge is -2.08. The Morgan fingerprint density at radius 1 is 1.28 bits per heavy atom. The van der Waals surface area contributed by atoms with Gasteiger partial charge in [0.15, 0.2) is 0 Å². The molecule has 0 aliphatic carbocycles. The zero-order chi connectivity index (χ0) is 13.1. The maximum absolute atomic E-state index is 12.1. The molecule has 1 aromatic carbocycles. The molecule has 1 N–H and O–H groups in total. The van der Waals surface area contributed by atoms with E-state index in [2.05, 4.69) is 38.9 Å². The quantitative estimate of drug-likeness (QED) is 0.906. The molecular formula is C14H14BrNOS. The molecule has 0 atom stereocenters. The van der Waals surface area contributed by atoms with Gasteiger partial charge in [-0.05, 0) is 63.3 Å². The van der Waals surface area contributed by atoms with Crippen LogP contribution >= 0.6 is 27.3 Å². The molecule has 2 aromatic rings. The molecule has 0 unspecified atom stereocenters. The fourth-order valence-corrected chi connectivity index (χ4v) is 2.96.